The van der Waals surface area contributed by atoms with Gasteiger partial charge in [-0.1, -0.05) is 0 Å². The van der Waals surface area contributed by atoms with E-state index in [1.807, 2.05) is 13.0 Å². The summed E-state index contributed by atoms with van der Waals surface area (Å²) in [4.78, 5) is 4.10. The van der Waals surface area contributed by atoms with E-state index in [4.69, 9.17) is 5.26 Å². The van der Waals surface area contributed by atoms with Crippen molar-refractivity contribution in [2.75, 3.05) is 19.6 Å². The summed E-state index contributed by atoms with van der Waals surface area (Å²) in [6.45, 7) is 5.54. The minimum Gasteiger partial charge on any atom is -0.334 e. The highest BCUT2D eigenvalue weighted by molar-refractivity contribution is 7.89. The molecule has 1 aliphatic rings. The maximum absolute atomic E-state index is 12.5. The Kier molecular flexibility index (Phi) is 3.89. The van der Waals surface area contributed by atoms with Crippen molar-refractivity contribution in [3.05, 3.63) is 12.0 Å². The summed E-state index contributed by atoms with van der Waals surface area (Å²) in [6.07, 6.45) is 1.53. The topological polar surface area (TPSA) is 91.0 Å². The molecule has 1 aliphatic heterocycles. The Labute approximate surface area is 112 Å². The lowest BCUT2D eigenvalue weighted by atomic mass is 10.3. The van der Waals surface area contributed by atoms with E-state index in [-0.39, 0.29) is 5.03 Å². The van der Waals surface area contributed by atoms with Gasteiger partial charge in [0.1, 0.15) is 11.9 Å². The van der Waals surface area contributed by atoms with Gasteiger partial charge in [0.25, 0.3) is 10.0 Å². The molecule has 0 aliphatic carbocycles. The molecule has 19 heavy (non-hydrogen) atoms. The maximum Gasteiger partial charge on any atom is 0.263 e. The number of nitriles is 1. The van der Waals surface area contributed by atoms with Crippen molar-refractivity contribution in [2.24, 2.45) is 0 Å². The zero-order valence-electron chi connectivity index (χ0n) is 11.0. The zero-order chi connectivity index (χ0) is 14.0. The molecule has 1 N–H and O–H groups in total. The molecule has 104 valence electrons. The van der Waals surface area contributed by atoms with Crippen LogP contribution in [0.2, 0.25) is 0 Å². The quantitative estimate of drug-likeness (QED) is 0.822. The fourth-order valence-electron chi connectivity index (χ4n) is 2.13. The van der Waals surface area contributed by atoms with E-state index in [1.54, 1.807) is 11.5 Å². The van der Waals surface area contributed by atoms with Gasteiger partial charge in [-0.25, -0.2) is 13.4 Å². The number of nitrogens with zero attached hydrogens (tertiary/aromatic N) is 4. The Balaban J connectivity index is 2.38. The van der Waals surface area contributed by atoms with Crippen molar-refractivity contribution >= 4 is 10.0 Å². The lowest BCUT2D eigenvalue weighted by molar-refractivity contribution is 0.311. The molecule has 7 nitrogen and oxygen atoms in total. The van der Waals surface area contributed by atoms with Crippen molar-refractivity contribution in [1.82, 2.24) is 19.2 Å². The predicted molar refractivity (Wildman–Crippen MR) is 68.8 cm³/mol. The molecule has 2 rings (SSSR count). The van der Waals surface area contributed by atoms with E-state index in [1.165, 1.54) is 10.5 Å². The van der Waals surface area contributed by atoms with Crippen LogP contribution in [0.3, 0.4) is 0 Å². The van der Waals surface area contributed by atoms with E-state index >= 15 is 0 Å². The lowest BCUT2D eigenvalue weighted by Gasteiger charge is -2.30. The van der Waals surface area contributed by atoms with Crippen molar-refractivity contribution in [3.63, 3.8) is 0 Å². The second-order valence-corrected chi connectivity index (χ2v) is 6.21. The van der Waals surface area contributed by atoms with E-state index in [0.717, 1.165) is 0 Å². The fourth-order valence-corrected chi connectivity index (χ4v) is 3.66. The highest BCUT2D eigenvalue weighted by atomic mass is 32.2. The van der Waals surface area contributed by atoms with Crippen molar-refractivity contribution < 1.29 is 8.42 Å². The molecule has 1 saturated heterocycles. The average Bonchev–Trinajstić information content (AvgIpc) is 2.80. The van der Waals surface area contributed by atoms with Crippen LogP contribution in [0.5, 0.6) is 0 Å². The van der Waals surface area contributed by atoms with Gasteiger partial charge in [0.05, 0.1) is 6.07 Å². The maximum atomic E-state index is 12.5. The Hall–Kier alpha value is -1.43. The lowest BCUT2D eigenvalue weighted by Crippen LogP contribution is -2.52. The molecule has 1 aromatic rings. The van der Waals surface area contributed by atoms with Crippen molar-refractivity contribution in [1.29, 1.82) is 5.26 Å². The summed E-state index contributed by atoms with van der Waals surface area (Å²) in [5.41, 5.74) is 0. The van der Waals surface area contributed by atoms with Crippen LogP contribution in [0.25, 0.3) is 0 Å². The standard InChI is InChI=1S/C11H17N5O2S/c1-3-15-8-11(14-9(15)2)19(17,18)16-5-4-13-7-10(16)6-12/h8,10,13H,3-5,7H2,1-2H3. The molecule has 2 heterocycles. The smallest absolute Gasteiger partial charge is 0.263 e. The number of imidazole rings is 1. The molecule has 0 spiro atoms. The molecule has 1 aromatic heterocycles. The summed E-state index contributed by atoms with van der Waals surface area (Å²) < 4.78 is 28.0. The van der Waals surface area contributed by atoms with Gasteiger partial charge in [0, 0.05) is 32.4 Å². The number of sulfonamides is 1. The highest BCUT2D eigenvalue weighted by Crippen LogP contribution is 2.18. The van der Waals surface area contributed by atoms with Gasteiger partial charge < -0.3 is 9.88 Å². The summed E-state index contributed by atoms with van der Waals surface area (Å²) in [6, 6.07) is 1.34. The number of piperazine rings is 1. The van der Waals surface area contributed by atoms with Crippen LogP contribution in [0, 0.1) is 18.3 Å². The van der Waals surface area contributed by atoms with E-state index in [2.05, 4.69) is 10.3 Å². The fraction of sp³-hybridized carbons (Fsp3) is 0.636. The Morgan fingerprint density at radius 1 is 1.63 bits per heavy atom. The first kappa shape index (κ1) is 14.0. The Bertz CT molecular complexity index is 601. The molecule has 0 bridgehead atoms. The number of aryl methyl sites for hydroxylation is 2. The third kappa shape index (κ3) is 2.49. The molecule has 1 unspecified atom stereocenters. The molecular weight excluding hydrogens is 266 g/mol. The van der Waals surface area contributed by atoms with Gasteiger partial charge in [-0.2, -0.15) is 9.57 Å². The number of rotatable bonds is 3. The second kappa shape index (κ2) is 5.28. The van der Waals surface area contributed by atoms with Crippen LogP contribution < -0.4 is 5.32 Å². The van der Waals surface area contributed by atoms with E-state index in [0.29, 0.717) is 32.0 Å². The summed E-state index contributed by atoms with van der Waals surface area (Å²) >= 11 is 0. The van der Waals surface area contributed by atoms with Crippen LogP contribution >= 0.6 is 0 Å². The van der Waals surface area contributed by atoms with E-state index < -0.39 is 16.1 Å². The zero-order valence-corrected chi connectivity index (χ0v) is 11.8. The monoisotopic (exact) mass is 283 g/mol. The number of hydrogen-bond donors (Lipinski definition) is 1. The number of aromatic nitrogens is 2. The molecule has 0 radical (unpaired) electrons. The third-order valence-corrected chi connectivity index (χ3v) is 4.99. The van der Waals surface area contributed by atoms with Crippen LogP contribution in [0.1, 0.15) is 12.7 Å². The van der Waals surface area contributed by atoms with Crippen LogP contribution in [0.4, 0.5) is 0 Å². The molecule has 0 amide bonds. The second-order valence-electron chi connectivity index (χ2n) is 4.38. The van der Waals surface area contributed by atoms with Crippen molar-refractivity contribution in [2.45, 2.75) is 31.5 Å². The molecule has 0 aromatic carbocycles. The first-order valence-electron chi connectivity index (χ1n) is 6.16. The summed E-state index contributed by atoms with van der Waals surface area (Å²) in [7, 11) is -3.70. The van der Waals surface area contributed by atoms with E-state index in [9.17, 15) is 8.42 Å². The van der Waals surface area contributed by atoms with Gasteiger partial charge in [-0.3, -0.25) is 0 Å². The molecule has 1 atom stereocenters. The summed E-state index contributed by atoms with van der Waals surface area (Å²) in [5, 5.41) is 12.1. The SMILES string of the molecule is CCn1cc(S(=O)(=O)N2CCNCC2C#N)nc1C. The normalized spacial score (nSPS) is 21.2. The molecule has 1 fully saturated rings. The largest absolute Gasteiger partial charge is 0.334 e. The number of hydrogen-bond acceptors (Lipinski definition) is 5. The number of nitrogens with one attached hydrogen (secondary N) is 1. The molecule has 0 saturated carbocycles. The van der Waals surface area contributed by atoms with Crippen LogP contribution in [-0.2, 0) is 16.6 Å². The average molecular weight is 283 g/mol. The van der Waals surface area contributed by atoms with Crippen LogP contribution in [0.15, 0.2) is 11.2 Å². The minimum atomic E-state index is -3.70. The minimum absolute atomic E-state index is 0.0222. The first-order valence-corrected chi connectivity index (χ1v) is 7.60. The van der Waals surface area contributed by atoms with Gasteiger partial charge in [-0.15, -0.1) is 0 Å². The van der Waals surface area contributed by atoms with Gasteiger partial charge >= 0.3 is 0 Å². The summed E-state index contributed by atoms with van der Waals surface area (Å²) in [5.74, 6) is 0.657. The predicted octanol–water partition coefficient (Wildman–Crippen LogP) is -0.302. The first-order chi connectivity index (χ1) is 9.00. The third-order valence-electron chi connectivity index (χ3n) is 3.21. The molecular formula is C11H17N5O2S. The van der Waals surface area contributed by atoms with Gasteiger partial charge in [0.2, 0.25) is 0 Å². The van der Waals surface area contributed by atoms with Gasteiger partial charge in [-0.05, 0) is 13.8 Å². The Morgan fingerprint density at radius 3 is 2.95 bits per heavy atom. The van der Waals surface area contributed by atoms with Gasteiger partial charge in [0.15, 0.2) is 5.03 Å². The van der Waals surface area contributed by atoms with Crippen LogP contribution in [-0.4, -0.2) is 48.0 Å². The Morgan fingerprint density at radius 2 is 2.37 bits per heavy atom. The highest BCUT2D eigenvalue weighted by Gasteiger charge is 2.35. The van der Waals surface area contributed by atoms with Crippen molar-refractivity contribution in [3.8, 4) is 6.07 Å². The molecule has 8 heteroatoms.